The summed E-state index contributed by atoms with van der Waals surface area (Å²) >= 11 is 1.20. The van der Waals surface area contributed by atoms with Gasteiger partial charge < -0.3 is 10.0 Å². The predicted octanol–water partition coefficient (Wildman–Crippen LogP) is -0.0555. The molecule has 0 spiro atoms. The van der Waals surface area contributed by atoms with Gasteiger partial charge in [-0.15, -0.1) is 11.3 Å². The zero-order valence-corrected chi connectivity index (χ0v) is 11.0. The first kappa shape index (κ1) is 13.9. The monoisotopic (exact) mass is 294 g/mol. The van der Waals surface area contributed by atoms with Gasteiger partial charge in [0.1, 0.15) is 13.1 Å². The number of thiophene rings is 1. The van der Waals surface area contributed by atoms with E-state index in [1.54, 1.807) is 5.38 Å². The molecule has 0 saturated carbocycles. The van der Waals surface area contributed by atoms with Gasteiger partial charge in [0, 0.05) is 16.3 Å². The number of nitrogens with one attached hydrogen (secondary N) is 1. The van der Waals surface area contributed by atoms with E-state index in [9.17, 15) is 19.2 Å². The first-order chi connectivity index (χ1) is 9.45. The van der Waals surface area contributed by atoms with Gasteiger partial charge >= 0.3 is 5.97 Å². The van der Waals surface area contributed by atoms with E-state index in [1.807, 2.05) is 0 Å². The molecule has 3 amide bonds. The summed E-state index contributed by atoms with van der Waals surface area (Å²) in [6.45, 7) is -0.332. The van der Waals surface area contributed by atoms with Gasteiger partial charge in [-0.25, -0.2) is 4.79 Å². The molecular formula is C12H10N2O5S. The topological polar surface area (TPSA) is 104 Å². The van der Waals surface area contributed by atoms with Crippen LogP contribution in [0.2, 0.25) is 0 Å². The van der Waals surface area contributed by atoms with Crippen LogP contribution in [0.1, 0.15) is 15.2 Å². The first-order valence-corrected chi connectivity index (χ1v) is 6.45. The average Bonchev–Trinajstić information content (AvgIpc) is 2.83. The molecule has 20 heavy (non-hydrogen) atoms. The Kier molecular flexibility index (Phi) is 3.94. The number of rotatable bonds is 3. The molecule has 8 heteroatoms. The summed E-state index contributed by atoms with van der Waals surface area (Å²) in [6, 6.07) is 1.52. The minimum atomic E-state index is -1.08. The van der Waals surface area contributed by atoms with E-state index in [1.165, 1.54) is 23.5 Å². The Morgan fingerprint density at radius 3 is 2.55 bits per heavy atom. The number of carboxylic acids is 1. The summed E-state index contributed by atoms with van der Waals surface area (Å²) in [5.41, 5.74) is 0.322. The second-order valence-corrected chi connectivity index (χ2v) is 4.98. The normalized spacial score (nSPS) is 15.5. The van der Waals surface area contributed by atoms with Crippen molar-refractivity contribution in [3.05, 3.63) is 28.0 Å². The molecule has 2 N–H and O–H groups in total. The lowest BCUT2D eigenvalue weighted by molar-refractivity contribution is -0.135. The van der Waals surface area contributed by atoms with Gasteiger partial charge in [0.2, 0.25) is 11.8 Å². The van der Waals surface area contributed by atoms with Gasteiger partial charge in [0.15, 0.2) is 0 Å². The third-order valence-electron chi connectivity index (χ3n) is 2.49. The lowest BCUT2D eigenvalue weighted by atomic mass is 10.2. The molecule has 7 nitrogen and oxygen atoms in total. The summed E-state index contributed by atoms with van der Waals surface area (Å²) in [5, 5.41) is 12.2. The van der Waals surface area contributed by atoms with Gasteiger partial charge in [0.05, 0.1) is 5.56 Å². The molecule has 0 bridgehead atoms. The predicted molar refractivity (Wildman–Crippen MR) is 70.0 cm³/mol. The van der Waals surface area contributed by atoms with Crippen molar-refractivity contribution in [2.45, 2.75) is 0 Å². The lowest BCUT2D eigenvalue weighted by Gasteiger charge is -2.24. The average molecular weight is 294 g/mol. The molecule has 1 aliphatic rings. The molecule has 1 aromatic rings. The number of carboxylic acid groups (broad SMARTS) is 1. The molecule has 2 heterocycles. The summed E-state index contributed by atoms with van der Waals surface area (Å²) in [4.78, 5) is 46.6. The van der Waals surface area contributed by atoms with Crippen LogP contribution >= 0.6 is 11.3 Å². The Hall–Kier alpha value is -2.48. The molecule has 1 aliphatic heterocycles. The maximum atomic E-state index is 12.1. The van der Waals surface area contributed by atoms with E-state index in [0.717, 1.165) is 11.0 Å². The largest absolute Gasteiger partial charge is 0.478 e. The van der Waals surface area contributed by atoms with Crippen molar-refractivity contribution in [1.29, 1.82) is 0 Å². The zero-order valence-electron chi connectivity index (χ0n) is 10.2. The number of carbonyl (C=O) groups is 4. The highest BCUT2D eigenvalue weighted by Crippen LogP contribution is 2.18. The molecule has 1 aromatic heterocycles. The quantitative estimate of drug-likeness (QED) is 0.600. The molecule has 0 atom stereocenters. The molecule has 2 rings (SSSR count). The molecule has 0 aromatic carbocycles. The van der Waals surface area contributed by atoms with Crippen LogP contribution in [0.4, 0.5) is 0 Å². The molecular weight excluding hydrogens is 284 g/mol. The van der Waals surface area contributed by atoms with Crippen molar-refractivity contribution >= 4 is 41.1 Å². The number of hydrogen-bond acceptors (Lipinski definition) is 5. The van der Waals surface area contributed by atoms with E-state index >= 15 is 0 Å². The number of carbonyl (C=O) groups excluding carboxylic acids is 3. The number of aliphatic carboxylic acids is 1. The third-order valence-corrected chi connectivity index (χ3v) is 3.39. The van der Waals surface area contributed by atoms with Gasteiger partial charge in [-0.2, -0.15) is 0 Å². The smallest absolute Gasteiger partial charge is 0.328 e. The Labute approximate surface area is 117 Å². The number of hydrogen-bond donors (Lipinski definition) is 2. The summed E-state index contributed by atoms with van der Waals surface area (Å²) in [5.74, 6) is -2.55. The van der Waals surface area contributed by atoms with Crippen molar-refractivity contribution in [3.63, 3.8) is 0 Å². The Morgan fingerprint density at radius 1 is 1.30 bits per heavy atom. The zero-order chi connectivity index (χ0) is 14.7. The number of nitrogens with zero attached hydrogens (tertiary/aromatic N) is 1. The fourth-order valence-corrected chi connectivity index (χ4v) is 2.44. The van der Waals surface area contributed by atoms with E-state index in [4.69, 9.17) is 5.11 Å². The second kappa shape index (κ2) is 5.66. The van der Waals surface area contributed by atoms with Gasteiger partial charge in [-0.1, -0.05) is 0 Å². The lowest BCUT2D eigenvalue weighted by Crippen LogP contribution is -2.53. The van der Waals surface area contributed by atoms with Crippen LogP contribution in [0.3, 0.4) is 0 Å². The molecule has 104 valence electrons. The van der Waals surface area contributed by atoms with Crippen molar-refractivity contribution in [2.24, 2.45) is 0 Å². The minimum absolute atomic E-state index is 0.166. The van der Waals surface area contributed by atoms with Crippen LogP contribution in [0.5, 0.6) is 0 Å². The molecule has 0 aliphatic carbocycles. The summed E-state index contributed by atoms with van der Waals surface area (Å²) < 4.78 is 0. The highest BCUT2D eigenvalue weighted by atomic mass is 32.1. The van der Waals surface area contributed by atoms with E-state index in [0.29, 0.717) is 10.4 Å². The highest BCUT2D eigenvalue weighted by molar-refractivity contribution is 7.11. The van der Waals surface area contributed by atoms with Crippen LogP contribution in [-0.2, 0) is 14.4 Å². The number of imide groups is 1. The van der Waals surface area contributed by atoms with Crippen LogP contribution < -0.4 is 5.32 Å². The minimum Gasteiger partial charge on any atom is -0.478 e. The highest BCUT2D eigenvalue weighted by Gasteiger charge is 2.27. The standard InChI is InChI=1S/C12H10N2O5S/c15-9-4-14(5-10(16)13-9)12(19)7-3-8(20-6-7)1-2-11(17)18/h1-3,6H,4-5H2,(H,17,18)(H,13,15,16). The second-order valence-electron chi connectivity index (χ2n) is 4.04. The van der Waals surface area contributed by atoms with Gasteiger partial charge in [-0.3, -0.25) is 19.7 Å². The maximum absolute atomic E-state index is 12.1. The fourth-order valence-electron chi connectivity index (χ4n) is 1.67. The van der Waals surface area contributed by atoms with E-state index in [2.05, 4.69) is 5.32 Å². The fraction of sp³-hybridized carbons (Fsp3) is 0.167. The van der Waals surface area contributed by atoms with Crippen molar-refractivity contribution in [1.82, 2.24) is 10.2 Å². The van der Waals surface area contributed by atoms with Crippen LogP contribution in [-0.4, -0.2) is 46.8 Å². The maximum Gasteiger partial charge on any atom is 0.328 e. The van der Waals surface area contributed by atoms with Crippen LogP contribution in [0.25, 0.3) is 6.08 Å². The summed E-state index contributed by atoms with van der Waals surface area (Å²) in [6.07, 6.45) is 2.34. The van der Waals surface area contributed by atoms with Crippen molar-refractivity contribution in [3.8, 4) is 0 Å². The van der Waals surface area contributed by atoms with Crippen molar-refractivity contribution < 1.29 is 24.3 Å². The first-order valence-electron chi connectivity index (χ1n) is 5.57. The van der Waals surface area contributed by atoms with Crippen LogP contribution in [0, 0.1) is 0 Å². The van der Waals surface area contributed by atoms with E-state index < -0.39 is 23.7 Å². The Balaban J connectivity index is 2.11. The number of piperazine rings is 1. The van der Waals surface area contributed by atoms with Crippen LogP contribution in [0.15, 0.2) is 17.5 Å². The van der Waals surface area contributed by atoms with Gasteiger partial charge in [-0.05, 0) is 12.1 Å². The van der Waals surface area contributed by atoms with Crippen molar-refractivity contribution in [2.75, 3.05) is 13.1 Å². The van der Waals surface area contributed by atoms with Gasteiger partial charge in [0.25, 0.3) is 5.91 Å². The Morgan fingerprint density at radius 2 is 1.95 bits per heavy atom. The molecule has 0 unspecified atom stereocenters. The SMILES string of the molecule is O=C(O)C=Cc1cc(C(=O)N2CC(=O)NC(=O)C2)cs1. The molecule has 1 saturated heterocycles. The number of amides is 3. The summed E-state index contributed by atoms with van der Waals surface area (Å²) in [7, 11) is 0. The Bertz CT molecular complexity index is 603. The van der Waals surface area contributed by atoms with E-state index in [-0.39, 0.29) is 13.1 Å². The molecule has 0 radical (unpaired) electrons. The third kappa shape index (κ3) is 3.29. The molecule has 1 fully saturated rings.